The van der Waals surface area contributed by atoms with Crippen LogP contribution in [0.3, 0.4) is 0 Å². The monoisotopic (exact) mass is 342 g/mol. The van der Waals surface area contributed by atoms with Gasteiger partial charge >= 0.3 is 0 Å². The Morgan fingerprint density at radius 3 is 2.72 bits per heavy atom. The fourth-order valence-corrected chi connectivity index (χ4v) is 3.32. The highest BCUT2D eigenvalue weighted by Gasteiger charge is 2.28. The number of benzene rings is 1. The standard InChI is InChI=1S/C18H26N6O/c1-23(2)18-21-16(20-17(19)22-18)12-24-10-6-9-14(24)11-15(25)13-7-4-3-5-8-13/h3-5,7-8,14-15,25H,6,9-12H2,1-2H3,(H2,19,20,21,22). The molecule has 0 saturated carbocycles. The van der Waals surface area contributed by atoms with E-state index in [1.807, 2.05) is 49.3 Å². The highest BCUT2D eigenvalue weighted by Crippen LogP contribution is 2.28. The summed E-state index contributed by atoms with van der Waals surface area (Å²) >= 11 is 0. The van der Waals surface area contributed by atoms with Crippen LogP contribution in [-0.4, -0.2) is 51.6 Å². The van der Waals surface area contributed by atoms with Gasteiger partial charge in [0.05, 0.1) is 12.6 Å². The summed E-state index contributed by atoms with van der Waals surface area (Å²) in [6.45, 7) is 1.61. The second-order valence-corrected chi connectivity index (χ2v) is 6.73. The molecule has 0 bridgehead atoms. The summed E-state index contributed by atoms with van der Waals surface area (Å²) in [5.41, 5.74) is 6.78. The van der Waals surface area contributed by atoms with E-state index in [0.29, 0.717) is 30.8 Å². The molecule has 0 spiro atoms. The lowest BCUT2D eigenvalue weighted by molar-refractivity contribution is 0.117. The van der Waals surface area contributed by atoms with Crippen molar-refractivity contribution in [3.05, 3.63) is 41.7 Å². The number of hydrogen-bond donors (Lipinski definition) is 2. The molecule has 0 aliphatic carbocycles. The van der Waals surface area contributed by atoms with Gasteiger partial charge in [-0.1, -0.05) is 30.3 Å². The molecule has 2 heterocycles. The average Bonchev–Trinajstić information content (AvgIpc) is 3.01. The van der Waals surface area contributed by atoms with Crippen LogP contribution in [0.15, 0.2) is 30.3 Å². The molecule has 1 aliphatic heterocycles. The lowest BCUT2D eigenvalue weighted by Crippen LogP contribution is -2.31. The number of nitrogen functional groups attached to an aromatic ring is 1. The van der Waals surface area contributed by atoms with Gasteiger partial charge in [-0.05, 0) is 31.4 Å². The predicted octanol–water partition coefficient (Wildman–Crippen LogP) is 1.61. The Balaban J connectivity index is 1.68. The van der Waals surface area contributed by atoms with Crippen molar-refractivity contribution in [2.45, 2.75) is 38.0 Å². The van der Waals surface area contributed by atoms with Crippen LogP contribution in [0.2, 0.25) is 0 Å². The molecule has 7 heteroatoms. The summed E-state index contributed by atoms with van der Waals surface area (Å²) in [6.07, 6.45) is 2.45. The van der Waals surface area contributed by atoms with Crippen LogP contribution in [0.4, 0.5) is 11.9 Å². The minimum atomic E-state index is -0.451. The van der Waals surface area contributed by atoms with Gasteiger partial charge in [-0.2, -0.15) is 15.0 Å². The van der Waals surface area contributed by atoms with Gasteiger partial charge in [0.2, 0.25) is 11.9 Å². The smallest absolute Gasteiger partial charge is 0.229 e. The molecule has 0 amide bonds. The molecular weight excluding hydrogens is 316 g/mol. The molecule has 7 nitrogen and oxygen atoms in total. The van der Waals surface area contributed by atoms with Crippen LogP contribution >= 0.6 is 0 Å². The van der Waals surface area contributed by atoms with Crippen molar-refractivity contribution < 1.29 is 5.11 Å². The van der Waals surface area contributed by atoms with Crippen molar-refractivity contribution in [2.75, 3.05) is 31.3 Å². The number of nitrogens with zero attached hydrogens (tertiary/aromatic N) is 5. The van der Waals surface area contributed by atoms with Gasteiger partial charge in [0.25, 0.3) is 0 Å². The van der Waals surface area contributed by atoms with Gasteiger partial charge in [0, 0.05) is 20.1 Å². The van der Waals surface area contributed by atoms with E-state index in [1.54, 1.807) is 0 Å². The highest BCUT2D eigenvalue weighted by molar-refractivity contribution is 5.32. The van der Waals surface area contributed by atoms with Gasteiger partial charge in [-0.25, -0.2) is 0 Å². The van der Waals surface area contributed by atoms with Gasteiger partial charge in [0.15, 0.2) is 0 Å². The summed E-state index contributed by atoms with van der Waals surface area (Å²) in [4.78, 5) is 17.1. The Morgan fingerprint density at radius 1 is 1.24 bits per heavy atom. The number of aliphatic hydroxyl groups excluding tert-OH is 1. The molecule has 1 saturated heterocycles. The van der Waals surface area contributed by atoms with Crippen molar-refractivity contribution in [3.63, 3.8) is 0 Å². The minimum Gasteiger partial charge on any atom is -0.388 e. The van der Waals surface area contributed by atoms with Crippen LogP contribution in [0.1, 0.15) is 36.8 Å². The van der Waals surface area contributed by atoms with Crippen molar-refractivity contribution in [2.24, 2.45) is 0 Å². The first-order valence-corrected chi connectivity index (χ1v) is 8.67. The summed E-state index contributed by atoms with van der Waals surface area (Å²) in [6, 6.07) is 10.1. The lowest BCUT2D eigenvalue weighted by Gasteiger charge is -2.26. The Hall–Kier alpha value is -2.25. The maximum absolute atomic E-state index is 10.5. The van der Waals surface area contributed by atoms with Gasteiger partial charge in [-0.3, -0.25) is 4.90 Å². The van der Waals surface area contributed by atoms with E-state index in [4.69, 9.17) is 5.73 Å². The van der Waals surface area contributed by atoms with Crippen LogP contribution in [0, 0.1) is 0 Å². The fourth-order valence-electron chi connectivity index (χ4n) is 3.32. The number of hydrogen-bond acceptors (Lipinski definition) is 7. The Labute approximate surface area is 148 Å². The third-order valence-corrected chi connectivity index (χ3v) is 4.61. The topological polar surface area (TPSA) is 91.4 Å². The number of anilines is 2. The second-order valence-electron chi connectivity index (χ2n) is 6.73. The van der Waals surface area contributed by atoms with Gasteiger partial charge in [0.1, 0.15) is 5.82 Å². The van der Waals surface area contributed by atoms with E-state index in [2.05, 4.69) is 19.9 Å². The first kappa shape index (κ1) is 17.6. The first-order chi connectivity index (χ1) is 12.0. The number of nitrogens with two attached hydrogens (primary N) is 1. The highest BCUT2D eigenvalue weighted by atomic mass is 16.3. The van der Waals surface area contributed by atoms with E-state index < -0.39 is 6.10 Å². The Kier molecular flexibility index (Phi) is 5.45. The number of rotatable bonds is 6. The van der Waals surface area contributed by atoms with E-state index in [-0.39, 0.29) is 5.95 Å². The predicted molar refractivity (Wildman–Crippen MR) is 98.0 cm³/mol. The molecule has 1 aliphatic rings. The zero-order valence-electron chi connectivity index (χ0n) is 14.8. The molecule has 1 fully saturated rings. The summed E-state index contributed by atoms with van der Waals surface area (Å²) in [5, 5.41) is 10.5. The van der Waals surface area contributed by atoms with Crippen molar-refractivity contribution in [1.82, 2.24) is 19.9 Å². The average molecular weight is 342 g/mol. The molecule has 1 aromatic carbocycles. The molecule has 2 aromatic rings. The lowest BCUT2D eigenvalue weighted by atomic mass is 10.0. The molecule has 3 rings (SSSR count). The molecule has 0 radical (unpaired) electrons. The summed E-state index contributed by atoms with van der Waals surface area (Å²) in [7, 11) is 3.76. The van der Waals surface area contributed by atoms with E-state index in [1.165, 1.54) is 0 Å². The van der Waals surface area contributed by atoms with Crippen molar-refractivity contribution in [1.29, 1.82) is 0 Å². The maximum Gasteiger partial charge on any atom is 0.229 e. The third kappa shape index (κ3) is 4.43. The van der Waals surface area contributed by atoms with Gasteiger partial charge in [-0.15, -0.1) is 0 Å². The number of likely N-dealkylation sites (tertiary alicyclic amines) is 1. The zero-order valence-corrected chi connectivity index (χ0v) is 14.8. The molecule has 1 aromatic heterocycles. The van der Waals surface area contributed by atoms with Crippen molar-refractivity contribution >= 4 is 11.9 Å². The van der Waals surface area contributed by atoms with E-state index in [0.717, 1.165) is 24.9 Å². The van der Waals surface area contributed by atoms with Crippen LogP contribution in [0.25, 0.3) is 0 Å². The Morgan fingerprint density at radius 2 is 2.00 bits per heavy atom. The molecule has 134 valence electrons. The fraction of sp³-hybridized carbons (Fsp3) is 0.500. The quantitative estimate of drug-likeness (QED) is 0.824. The molecule has 2 atom stereocenters. The third-order valence-electron chi connectivity index (χ3n) is 4.61. The molecule has 25 heavy (non-hydrogen) atoms. The first-order valence-electron chi connectivity index (χ1n) is 8.67. The zero-order chi connectivity index (χ0) is 17.8. The molecule has 2 unspecified atom stereocenters. The van der Waals surface area contributed by atoms with E-state index >= 15 is 0 Å². The summed E-state index contributed by atoms with van der Waals surface area (Å²) < 4.78 is 0. The van der Waals surface area contributed by atoms with Crippen LogP contribution in [0.5, 0.6) is 0 Å². The normalized spacial score (nSPS) is 19.1. The largest absolute Gasteiger partial charge is 0.388 e. The van der Waals surface area contributed by atoms with Crippen molar-refractivity contribution in [3.8, 4) is 0 Å². The second kappa shape index (κ2) is 7.76. The molecular formula is C18H26N6O. The SMILES string of the molecule is CN(C)c1nc(N)nc(CN2CCCC2CC(O)c2ccccc2)n1. The van der Waals surface area contributed by atoms with Gasteiger partial charge < -0.3 is 15.7 Å². The Bertz CT molecular complexity index is 693. The van der Waals surface area contributed by atoms with Crippen LogP contribution in [-0.2, 0) is 6.54 Å². The number of aliphatic hydroxyl groups is 1. The van der Waals surface area contributed by atoms with Crippen LogP contribution < -0.4 is 10.6 Å². The maximum atomic E-state index is 10.5. The number of aromatic nitrogens is 3. The molecule has 3 N–H and O–H groups in total. The minimum absolute atomic E-state index is 0.244. The van der Waals surface area contributed by atoms with E-state index in [9.17, 15) is 5.11 Å². The summed E-state index contributed by atoms with van der Waals surface area (Å²) in [5.74, 6) is 1.49.